The van der Waals surface area contributed by atoms with Gasteiger partial charge in [0.1, 0.15) is 5.75 Å². The van der Waals surface area contributed by atoms with Crippen LogP contribution in [-0.4, -0.2) is 14.2 Å². The predicted octanol–water partition coefficient (Wildman–Crippen LogP) is 4.62. The standard InChI is InChI=1S/C20H25NO/c1-4-20(21-2,18-12-14-19(22-3)15-13-18)16-8-11-17-9-6-5-7-10-17/h5-15,21H,4,16H2,1-3H3. The molecule has 0 aliphatic carbocycles. The second kappa shape index (κ2) is 7.81. The SMILES string of the molecule is CCC(CC=Cc1ccccc1)(NC)c1ccc(OC)cc1. The van der Waals surface area contributed by atoms with Crippen LogP contribution in [0.3, 0.4) is 0 Å². The Labute approximate surface area is 133 Å². The lowest BCUT2D eigenvalue weighted by atomic mass is 9.84. The Morgan fingerprint density at radius 1 is 1.05 bits per heavy atom. The van der Waals surface area contributed by atoms with E-state index in [9.17, 15) is 0 Å². The summed E-state index contributed by atoms with van der Waals surface area (Å²) in [6, 6.07) is 18.8. The van der Waals surface area contributed by atoms with Crippen LogP contribution in [0.25, 0.3) is 6.08 Å². The third-order valence-electron chi connectivity index (χ3n) is 4.30. The molecule has 1 atom stereocenters. The molecular formula is C20H25NO. The number of rotatable bonds is 7. The number of benzene rings is 2. The lowest BCUT2D eigenvalue weighted by Gasteiger charge is -2.32. The average molecular weight is 295 g/mol. The molecule has 2 nitrogen and oxygen atoms in total. The minimum atomic E-state index is -0.0441. The minimum Gasteiger partial charge on any atom is -0.497 e. The normalized spacial score (nSPS) is 14.0. The molecule has 1 N–H and O–H groups in total. The zero-order valence-electron chi connectivity index (χ0n) is 13.7. The maximum atomic E-state index is 5.25. The monoisotopic (exact) mass is 295 g/mol. The van der Waals surface area contributed by atoms with E-state index in [1.165, 1.54) is 11.1 Å². The first-order valence-electron chi connectivity index (χ1n) is 7.79. The van der Waals surface area contributed by atoms with Crippen molar-refractivity contribution in [3.8, 4) is 5.75 Å². The molecule has 1 unspecified atom stereocenters. The quantitative estimate of drug-likeness (QED) is 0.804. The molecule has 2 aromatic rings. The van der Waals surface area contributed by atoms with Gasteiger partial charge in [-0.1, -0.05) is 61.5 Å². The van der Waals surface area contributed by atoms with Crippen LogP contribution in [0.2, 0.25) is 0 Å². The summed E-state index contributed by atoms with van der Waals surface area (Å²) in [5.74, 6) is 0.893. The molecule has 22 heavy (non-hydrogen) atoms. The Morgan fingerprint density at radius 2 is 1.73 bits per heavy atom. The van der Waals surface area contributed by atoms with Crippen molar-refractivity contribution in [1.82, 2.24) is 5.32 Å². The van der Waals surface area contributed by atoms with Gasteiger partial charge in [0.05, 0.1) is 7.11 Å². The van der Waals surface area contributed by atoms with Crippen molar-refractivity contribution in [2.75, 3.05) is 14.2 Å². The molecule has 0 saturated carbocycles. The number of hydrogen-bond donors (Lipinski definition) is 1. The van der Waals surface area contributed by atoms with E-state index in [4.69, 9.17) is 4.74 Å². The Hall–Kier alpha value is -2.06. The summed E-state index contributed by atoms with van der Waals surface area (Å²) in [7, 11) is 3.73. The molecule has 0 aliphatic rings. The van der Waals surface area contributed by atoms with Gasteiger partial charge in [-0.25, -0.2) is 0 Å². The first-order chi connectivity index (χ1) is 10.7. The summed E-state index contributed by atoms with van der Waals surface area (Å²) < 4.78 is 5.25. The van der Waals surface area contributed by atoms with Gasteiger partial charge in [-0.15, -0.1) is 0 Å². The van der Waals surface area contributed by atoms with Gasteiger partial charge in [-0.2, -0.15) is 0 Å². The molecule has 0 radical (unpaired) electrons. The highest BCUT2D eigenvalue weighted by molar-refractivity contribution is 5.49. The van der Waals surface area contributed by atoms with Crippen LogP contribution in [-0.2, 0) is 5.54 Å². The van der Waals surface area contributed by atoms with Gasteiger partial charge >= 0.3 is 0 Å². The maximum absolute atomic E-state index is 5.25. The molecule has 0 spiro atoms. The molecule has 0 amide bonds. The van der Waals surface area contributed by atoms with Crippen LogP contribution in [0.1, 0.15) is 30.9 Å². The molecule has 2 rings (SSSR count). The molecule has 2 heteroatoms. The highest BCUT2D eigenvalue weighted by atomic mass is 16.5. The predicted molar refractivity (Wildman–Crippen MR) is 94.1 cm³/mol. The fourth-order valence-electron chi connectivity index (χ4n) is 2.76. The van der Waals surface area contributed by atoms with Crippen LogP contribution in [0, 0.1) is 0 Å². The van der Waals surface area contributed by atoms with E-state index in [2.05, 4.69) is 60.8 Å². The van der Waals surface area contributed by atoms with Crippen LogP contribution in [0.4, 0.5) is 0 Å². The van der Waals surface area contributed by atoms with E-state index >= 15 is 0 Å². The van der Waals surface area contributed by atoms with Crippen molar-refractivity contribution < 1.29 is 4.74 Å². The second-order valence-corrected chi connectivity index (χ2v) is 5.43. The summed E-state index contributed by atoms with van der Waals surface area (Å²) in [6.45, 7) is 2.22. The summed E-state index contributed by atoms with van der Waals surface area (Å²) in [5.41, 5.74) is 2.48. The van der Waals surface area contributed by atoms with Crippen molar-refractivity contribution in [1.29, 1.82) is 0 Å². The summed E-state index contributed by atoms with van der Waals surface area (Å²) >= 11 is 0. The van der Waals surface area contributed by atoms with Gasteiger partial charge < -0.3 is 10.1 Å². The number of hydrogen-bond acceptors (Lipinski definition) is 2. The number of ether oxygens (including phenoxy) is 1. The molecule has 0 aliphatic heterocycles. The van der Waals surface area contributed by atoms with Gasteiger partial charge in [-0.3, -0.25) is 0 Å². The van der Waals surface area contributed by atoms with Gasteiger partial charge in [0, 0.05) is 5.54 Å². The summed E-state index contributed by atoms with van der Waals surface area (Å²) in [5, 5.41) is 3.51. The van der Waals surface area contributed by atoms with E-state index < -0.39 is 0 Å². The van der Waals surface area contributed by atoms with E-state index in [1.54, 1.807) is 7.11 Å². The molecule has 0 saturated heterocycles. The van der Waals surface area contributed by atoms with Crippen LogP contribution < -0.4 is 10.1 Å². The first kappa shape index (κ1) is 16.3. The molecule has 2 aromatic carbocycles. The van der Waals surface area contributed by atoms with Crippen LogP contribution in [0.15, 0.2) is 60.7 Å². The van der Waals surface area contributed by atoms with Gasteiger partial charge in [-0.05, 0) is 43.1 Å². The first-order valence-corrected chi connectivity index (χ1v) is 7.79. The lowest BCUT2D eigenvalue weighted by Crippen LogP contribution is -2.38. The lowest BCUT2D eigenvalue weighted by molar-refractivity contribution is 0.350. The van der Waals surface area contributed by atoms with Crippen molar-refractivity contribution in [2.24, 2.45) is 0 Å². The van der Waals surface area contributed by atoms with Gasteiger partial charge in [0.15, 0.2) is 0 Å². The largest absolute Gasteiger partial charge is 0.497 e. The average Bonchev–Trinajstić information content (AvgIpc) is 2.60. The Kier molecular flexibility index (Phi) is 5.79. The van der Waals surface area contributed by atoms with Gasteiger partial charge in [0.25, 0.3) is 0 Å². The third kappa shape index (κ3) is 3.77. The molecule has 0 fully saturated rings. The van der Waals surface area contributed by atoms with E-state index in [0.29, 0.717) is 0 Å². The molecule has 116 valence electrons. The summed E-state index contributed by atoms with van der Waals surface area (Å²) in [4.78, 5) is 0. The van der Waals surface area contributed by atoms with Crippen molar-refractivity contribution in [3.63, 3.8) is 0 Å². The topological polar surface area (TPSA) is 21.3 Å². The van der Waals surface area contributed by atoms with Crippen molar-refractivity contribution in [2.45, 2.75) is 25.3 Å². The zero-order chi connectivity index (χ0) is 15.8. The Balaban J connectivity index is 2.18. The highest BCUT2D eigenvalue weighted by Crippen LogP contribution is 2.30. The summed E-state index contributed by atoms with van der Waals surface area (Å²) in [6.07, 6.45) is 6.40. The fourth-order valence-corrected chi connectivity index (χ4v) is 2.76. The molecular weight excluding hydrogens is 270 g/mol. The van der Waals surface area contributed by atoms with Crippen LogP contribution in [0.5, 0.6) is 5.75 Å². The molecule has 0 aromatic heterocycles. The number of nitrogens with one attached hydrogen (secondary N) is 1. The van der Waals surface area contributed by atoms with Crippen molar-refractivity contribution >= 4 is 6.08 Å². The van der Waals surface area contributed by atoms with E-state index in [0.717, 1.165) is 18.6 Å². The van der Waals surface area contributed by atoms with E-state index in [1.807, 2.05) is 25.2 Å². The third-order valence-corrected chi connectivity index (χ3v) is 4.30. The van der Waals surface area contributed by atoms with E-state index in [-0.39, 0.29) is 5.54 Å². The second-order valence-electron chi connectivity index (χ2n) is 5.43. The smallest absolute Gasteiger partial charge is 0.118 e. The van der Waals surface area contributed by atoms with Gasteiger partial charge in [0.2, 0.25) is 0 Å². The Morgan fingerprint density at radius 3 is 2.27 bits per heavy atom. The Bertz CT molecular complexity index is 583. The number of methoxy groups -OCH3 is 1. The minimum absolute atomic E-state index is 0.0441. The molecule has 0 heterocycles. The van der Waals surface area contributed by atoms with Crippen LogP contribution >= 0.6 is 0 Å². The highest BCUT2D eigenvalue weighted by Gasteiger charge is 2.26. The maximum Gasteiger partial charge on any atom is 0.118 e. The van der Waals surface area contributed by atoms with Crippen molar-refractivity contribution in [3.05, 3.63) is 71.8 Å². The fraction of sp³-hybridized carbons (Fsp3) is 0.300. The molecule has 0 bridgehead atoms. The zero-order valence-corrected chi connectivity index (χ0v) is 13.7.